The molecule has 1 aromatic rings. The molecule has 0 unspecified atom stereocenters. The molecule has 0 aliphatic heterocycles. The molecule has 0 spiro atoms. The van der Waals surface area contributed by atoms with Crippen LogP contribution < -0.4 is 4.74 Å². The zero-order chi connectivity index (χ0) is 8.27. The Hall–Kier alpha value is -1.49. The average molecular weight is 147 g/mol. The highest BCUT2D eigenvalue weighted by Gasteiger charge is 1.97. The van der Waals surface area contributed by atoms with Crippen molar-refractivity contribution in [2.24, 2.45) is 0 Å². The minimum Gasteiger partial charge on any atom is -0.481 e. The molecule has 0 aromatic carbocycles. The van der Waals surface area contributed by atoms with Crippen LogP contribution >= 0.6 is 0 Å². The molecule has 11 heavy (non-hydrogen) atoms. The molecule has 0 saturated heterocycles. The first kappa shape index (κ1) is 7.62. The highest BCUT2D eigenvalue weighted by Crippen LogP contribution is 2.10. The van der Waals surface area contributed by atoms with Gasteiger partial charge in [-0.05, 0) is 18.4 Å². The molecule has 1 aromatic heterocycles. The second-order valence-corrected chi connectivity index (χ2v) is 2.16. The third-order valence-electron chi connectivity index (χ3n) is 1.42. The molecule has 0 aliphatic carbocycles. The summed E-state index contributed by atoms with van der Waals surface area (Å²) in [5, 5.41) is 0. The van der Waals surface area contributed by atoms with E-state index in [1.807, 2.05) is 13.0 Å². The van der Waals surface area contributed by atoms with Crippen molar-refractivity contribution in [2.75, 3.05) is 7.11 Å². The molecule has 0 saturated carbocycles. The smallest absolute Gasteiger partial charge is 0.214 e. The van der Waals surface area contributed by atoms with Crippen molar-refractivity contribution in [3.8, 4) is 18.2 Å². The van der Waals surface area contributed by atoms with E-state index in [4.69, 9.17) is 11.2 Å². The summed E-state index contributed by atoms with van der Waals surface area (Å²) in [6.45, 7) is 1.92. The Morgan fingerprint density at radius 3 is 2.82 bits per heavy atom. The van der Waals surface area contributed by atoms with Crippen molar-refractivity contribution in [1.29, 1.82) is 0 Å². The van der Waals surface area contributed by atoms with Gasteiger partial charge in [-0.2, -0.15) is 0 Å². The topological polar surface area (TPSA) is 22.1 Å². The molecule has 0 N–H and O–H groups in total. The van der Waals surface area contributed by atoms with Gasteiger partial charge >= 0.3 is 0 Å². The van der Waals surface area contributed by atoms with Gasteiger partial charge in [0.05, 0.1) is 7.11 Å². The molecule has 0 aliphatic rings. The van der Waals surface area contributed by atoms with E-state index in [0.29, 0.717) is 11.6 Å². The van der Waals surface area contributed by atoms with Crippen molar-refractivity contribution in [1.82, 2.24) is 4.98 Å². The fourth-order valence-corrected chi connectivity index (χ4v) is 0.771. The van der Waals surface area contributed by atoms with Gasteiger partial charge < -0.3 is 4.74 Å². The van der Waals surface area contributed by atoms with E-state index >= 15 is 0 Å². The SMILES string of the molecule is C#Cc1nc(OC)ccc1C. The van der Waals surface area contributed by atoms with Gasteiger partial charge in [-0.1, -0.05) is 6.07 Å². The summed E-state index contributed by atoms with van der Waals surface area (Å²) in [4.78, 5) is 4.05. The summed E-state index contributed by atoms with van der Waals surface area (Å²) in [6.07, 6.45) is 5.21. The average Bonchev–Trinajstić information content (AvgIpc) is 2.05. The van der Waals surface area contributed by atoms with Crippen LogP contribution in [-0.2, 0) is 0 Å². The minimum absolute atomic E-state index is 0.559. The van der Waals surface area contributed by atoms with Crippen molar-refractivity contribution < 1.29 is 4.74 Å². The molecule has 0 fully saturated rings. The second-order valence-electron chi connectivity index (χ2n) is 2.16. The lowest BCUT2D eigenvalue weighted by Gasteiger charge is -2.00. The molecule has 56 valence electrons. The van der Waals surface area contributed by atoms with E-state index in [2.05, 4.69) is 10.9 Å². The highest BCUT2D eigenvalue weighted by atomic mass is 16.5. The predicted octanol–water partition coefficient (Wildman–Crippen LogP) is 1.38. The van der Waals surface area contributed by atoms with Gasteiger partial charge in [0.25, 0.3) is 0 Å². The van der Waals surface area contributed by atoms with Crippen molar-refractivity contribution in [3.63, 3.8) is 0 Å². The Morgan fingerprint density at radius 2 is 2.27 bits per heavy atom. The molecule has 0 radical (unpaired) electrons. The van der Waals surface area contributed by atoms with E-state index in [-0.39, 0.29) is 0 Å². The zero-order valence-electron chi connectivity index (χ0n) is 6.59. The summed E-state index contributed by atoms with van der Waals surface area (Å²) in [5.74, 6) is 3.04. The summed E-state index contributed by atoms with van der Waals surface area (Å²) in [7, 11) is 1.57. The Labute approximate surface area is 66.2 Å². The van der Waals surface area contributed by atoms with Crippen LogP contribution in [0.25, 0.3) is 0 Å². The predicted molar refractivity (Wildman–Crippen MR) is 43.5 cm³/mol. The van der Waals surface area contributed by atoms with E-state index < -0.39 is 0 Å². The summed E-state index contributed by atoms with van der Waals surface area (Å²) < 4.78 is 4.90. The van der Waals surface area contributed by atoms with E-state index in [0.717, 1.165) is 5.56 Å². The van der Waals surface area contributed by atoms with Crippen molar-refractivity contribution >= 4 is 0 Å². The standard InChI is InChI=1S/C9H9NO/c1-4-8-7(2)5-6-9(10-8)11-3/h1,5-6H,2-3H3. The Morgan fingerprint density at radius 1 is 1.55 bits per heavy atom. The summed E-state index contributed by atoms with van der Waals surface area (Å²) in [5.41, 5.74) is 1.64. The lowest BCUT2D eigenvalue weighted by Crippen LogP contribution is -1.92. The normalized spacial score (nSPS) is 8.82. The number of aryl methyl sites for hydroxylation is 1. The summed E-state index contributed by atoms with van der Waals surface area (Å²) >= 11 is 0. The molecular formula is C9H9NO. The maximum atomic E-state index is 5.21. The Balaban J connectivity index is 3.15. The van der Waals surface area contributed by atoms with Crippen LogP contribution in [0.1, 0.15) is 11.3 Å². The van der Waals surface area contributed by atoms with Crippen LogP contribution in [0.2, 0.25) is 0 Å². The molecule has 1 rings (SSSR count). The van der Waals surface area contributed by atoms with Crippen LogP contribution in [0.3, 0.4) is 0 Å². The molecule has 2 heteroatoms. The van der Waals surface area contributed by atoms with E-state index in [1.165, 1.54) is 0 Å². The second kappa shape index (κ2) is 3.07. The fraction of sp³-hybridized carbons (Fsp3) is 0.222. The lowest BCUT2D eigenvalue weighted by molar-refractivity contribution is 0.397. The van der Waals surface area contributed by atoms with Crippen molar-refractivity contribution in [3.05, 3.63) is 23.4 Å². The number of nitrogens with zero attached hydrogens (tertiary/aromatic N) is 1. The lowest BCUT2D eigenvalue weighted by atomic mass is 10.2. The number of rotatable bonds is 1. The van der Waals surface area contributed by atoms with Gasteiger partial charge in [0.2, 0.25) is 5.88 Å². The number of aromatic nitrogens is 1. The largest absolute Gasteiger partial charge is 0.481 e. The van der Waals surface area contributed by atoms with E-state index in [1.54, 1.807) is 13.2 Å². The molecule has 0 bridgehead atoms. The van der Waals surface area contributed by atoms with Gasteiger partial charge in [0.15, 0.2) is 0 Å². The minimum atomic E-state index is 0.559. The van der Waals surface area contributed by atoms with Crippen LogP contribution in [0.5, 0.6) is 5.88 Å². The summed E-state index contributed by atoms with van der Waals surface area (Å²) in [6, 6.07) is 3.68. The van der Waals surface area contributed by atoms with Gasteiger partial charge in [-0.25, -0.2) is 4.98 Å². The van der Waals surface area contributed by atoms with Crippen LogP contribution in [0, 0.1) is 19.3 Å². The first-order valence-electron chi connectivity index (χ1n) is 3.26. The number of pyridine rings is 1. The molecular weight excluding hydrogens is 138 g/mol. The van der Waals surface area contributed by atoms with Crippen LogP contribution in [0.15, 0.2) is 12.1 Å². The third-order valence-corrected chi connectivity index (χ3v) is 1.42. The Bertz CT molecular complexity index is 299. The van der Waals surface area contributed by atoms with E-state index in [9.17, 15) is 0 Å². The van der Waals surface area contributed by atoms with Gasteiger partial charge in [0, 0.05) is 6.07 Å². The van der Waals surface area contributed by atoms with Crippen molar-refractivity contribution in [2.45, 2.75) is 6.92 Å². The monoisotopic (exact) mass is 147 g/mol. The Kier molecular flexibility index (Phi) is 2.12. The number of hydrogen-bond acceptors (Lipinski definition) is 2. The molecule has 2 nitrogen and oxygen atoms in total. The number of ether oxygens (including phenoxy) is 1. The number of hydrogen-bond donors (Lipinski definition) is 0. The van der Waals surface area contributed by atoms with Crippen LogP contribution in [0.4, 0.5) is 0 Å². The van der Waals surface area contributed by atoms with Gasteiger partial charge in [0.1, 0.15) is 5.69 Å². The number of terminal acetylenes is 1. The van der Waals surface area contributed by atoms with Gasteiger partial charge in [-0.3, -0.25) is 0 Å². The first-order valence-corrected chi connectivity index (χ1v) is 3.26. The molecule has 0 atom stereocenters. The molecule has 1 heterocycles. The maximum Gasteiger partial charge on any atom is 0.214 e. The van der Waals surface area contributed by atoms with Crippen LogP contribution in [-0.4, -0.2) is 12.1 Å². The van der Waals surface area contributed by atoms with Gasteiger partial charge in [-0.15, -0.1) is 6.42 Å². The quantitative estimate of drug-likeness (QED) is 0.560. The number of methoxy groups -OCH3 is 1. The molecule has 0 amide bonds. The highest BCUT2D eigenvalue weighted by molar-refractivity contribution is 5.35. The maximum absolute atomic E-state index is 5.21. The third kappa shape index (κ3) is 1.50. The zero-order valence-corrected chi connectivity index (χ0v) is 6.59. The fourth-order valence-electron chi connectivity index (χ4n) is 0.771. The first-order chi connectivity index (χ1) is 5.27.